The summed E-state index contributed by atoms with van der Waals surface area (Å²) >= 11 is 1.32. The summed E-state index contributed by atoms with van der Waals surface area (Å²) in [5.74, 6) is 0. The summed E-state index contributed by atoms with van der Waals surface area (Å²) in [5, 5.41) is 0.606. The van der Waals surface area contributed by atoms with Gasteiger partial charge in [0.05, 0.1) is 0 Å². The quantitative estimate of drug-likeness (QED) is 0.364. The van der Waals surface area contributed by atoms with Gasteiger partial charge in [-0.15, -0.1) is 0 Å². The second kappa shape index (κ2) is 5.65. The van der Waals surface area contributed by atoms with Gasteiger partial charge in [0.25, 0.3) is 0 Å². The highest BCUT2D eigenvalue weighted by Crippen LogP contribution is 2.13. The number of rotatable bonds is 4. The highest BCUT2D eigenvalue weighted by molar-refractivity contribution is 7.83. The van der Waals surface area contributed by atoms with Crippen LogP contribution in [0, 0.1) is 0 Å². The van der Waals surface area contributed by atoms with Crippen LogP contribution in [-0.2, 0) is 11.8 Å². The molecule has 1 heteroatoms. The van der Waals surface area contributed by atoms with Gasteiger partial charge in [-0.25, -0.2) is 0 Å². The molecule has 0 saturated heterocycles. The van der Waals surface area contributed by atoms with Crippen molar-refractivity contribution in [2.75, 3.05) is 0 Å². The maximum Gasteiger partial charge on any atom is 0.152 e. The van der Waals surface area contributed by atoms with Crippen molar-refractivity contribution in [3.05, 3.63) is 60.6 Å². The molecule has 0 aromatic carbocycles. The van der Waals surface area contributed by atoms with Crippen molar-refractivity contribution in [3.63, 3.8) is 0 Å². The Morgan fingerprint density at radius 3 is 2.77 bits per heavy atom. The summed E-state index contributed by atoms with van der Waals surface area (Å²) in [6, 6.07) is 0. The first-order valence-electron chi connectivity index (χ1n) is 4.36. The third kappa shape index (κ3) is 3.51. The molecule has 0 heterocycles. The Morgan fingerprint density at radius 2 is 2.23 bits per heavy atom. The fourth-order valence-corrected chi connectivity index (χ4v) is 2.23. The SMILES string of the molecule is C=C/C=C(\C=C)[SH+]C1C=CC=CC1. The monoisotopic (exact) mass is 191 g/mol. The van der Waals surface area contributed by atoms with Gasteiger partial charge in [-0.2, -0.15) is 0 Å². The van der Waals surface area contributed by atoms with Crippen LogP contribution in [0.4, 0.5) is 0 Å². The minimum absolute atomic E-state index is 0.606. The van der Waals surface area contributed by atoms with Crippen LogP contribution in [0.1, 0.15) is 6.42 Å². The molecule has 0 nitrogen and oxygen atoms in total. The van der Waals surface area contributed by atoms with Crippen LogP contribution in [0.3, 0.4) is 0 Å². The lowest BCUT2D eigenvalue weighted by Gasteiger charge is -2.04. The summed E-state index contributed by atoms with van der Waals surface area (Å²) in [6.45, 7) is 7.46. The molecule has 0 aliphatic heterocycles. The minimum atomic E-state index is 0.606. The molecule has 1 atom stereocenters. The molecule has 68 valence electrons. The van der Waals surface area contributed by atoms with E-state index in [0.717, 1.165) is 6.42 Å². The smallest absolute Gasteiger partial charge is 0.0989 e. The summed E-state index contributed by atoms with van der Waals surface area (Å²) in [4.78, 5) is 1.24. The predicted octanol–water partition coefficient (Wildman–Crippen LogP) is 2.94. The Kier molecular flexibility index (Phi) is 4.41. The first-order valence-corrected chi connectivity index (χ1v) is 5.32. The van der Waals surface area contributed by atoms with E-state index in [2.05, 4.69) is 37.5 Å². The highest BCUT2D eigenvalue weighted by atomic mass is 32.2. The Labute approximate surface area is 84.4 Å². The Bertz CT molecular complexity index is 269. The Morgan fingerprint density at radius 1 is 1.38 bits per heavy atom. The van der Waals surface area contributed by atoms with Crippen molar-refractivity contribution in [2.24, 2.45) is 0 Å². The van der Waals surface area contributed by atoms with Gasteiger partial charge in [-0.3, -0.25) is 0 Å². The van der Waals surface area contributed by atoms with Crippen molar-refractivity contribution in [1.29, 1.82) is 0 Å². The second-order valence-electron chi connectivity index (χ2n) is 2.78. The molecule has 1 aliphatic carbocycles. The third-order valence-electron chi connectivity index (χ3n) is 1.77. The van der Waals surface area contributed by atoms with E-state index in [1.165, 1.54) is 16.7 Å². The van der Waals surface area contributed by atoms with Crippen molar-refractivity contribution in [3.8, 4) is 0 Å². The summed E-state index contributed by atoms with van der Waals surface area (Å²) in [5.41, 5.74) is 0. The fourth-order valence-electron chi connectivity index (χ4n) is 1.14. The third-order valence-corrected chi connectivity index (χ3v) is 3.12. The van der Waals surface area contributed by atoms with Gasteiger partial charge in [0, 0.05) is 18.2 Å². The van der Waals surface area contributed by atoms with Gasteiger partial charge >= 0.3 is 0 Å². The maximum atomic E-state index is 3.78. The first-order chi connectivity index (χ1) is 6.36. The van der Waals surface area contributed by atoms with Crippen molar-refractivity contribution < 1.29 is 0 Å². The van der Waals surface area contributed by atoms with E-state index >= 15 is 0 Å². The molecule has 0 bridgehead atoms. The highest BCUT2D eigenvalue weighted by Gasteiger charge is 2.14. The lowest BCUT2D eigenvalue weighted by molar-refractivity contribution is 1.06. The molecular weight excluding hydrogens is 176 g/mol. The van der Waals surface area contributed by atoms with Crippen LogP contribution in [0.25, 0.3) is 0 Å². The van der Waals surface area contributed by atoms with Crippen LogP contribution in [0.15, 0.2) is 60.6 Å². The summed E-state index contributed by atoms with van der Waals surface area (Å²) in [7, 11) is 0. The van der Waals surface area contributed by atoms with Crippen LogP contribution < -0.4 is 0 Å². The average molecular weight is 191 g/mol. The van der Waals surface area contributed by atoms with Crippen molar-refractivity contribution in [1.82, 2.24) is 0 Å². The Hall–Kier alpha value is -0.950. The van der Waals surface area contributed by atoms with E-state index in [1.807, 2.05) is 18.2 Å². The van der Waals surface area contributed by atoms with Crippen LogP contribution in [0.2, 0.25) is 0 Å². The van der Waals surface area contributed by atoms with Crippen LogP contribution >= 0.6 is 0 Å². The van der Waals surface area contributed by atoms with Gasteiger partial charge < -0.3 is 0 Å². The van der Waals surface area contributed by atoms with Gasteiger partial charge in [0.2, 0.25) is 0 Å². The zero-order valence-electron chi connectivity index (χ0n) is 7.69. The molecular formula is C12H15S+. The van der Waals surface area contributed by atoms with Gasteiger partial charge in [-0.1, -0.05) is 37.5 Å². The van der Waals surface area contributed by atoms with Gasteiger partial charge in [-0.05, 0) is 18.2 Å². The minimum Gasteiger partial charge on any atom is -0.0989 e. The molecule has 0 radical (unpaired) electrons. The number of allylic oxidation sites excluding steroid dienone is 6. The van der Waals surface area contributed by atoms with Crippen molar-refractivity contribution >= 4 is 11.8 Å². The lowest BCUT2D eigenvalue weighted by Crippen LogP contribution is -2.07. The summed E-state index contributed by atoms with van der Waals surface area (Å²) < 4.78 is 0. The fraction of sp³-hybridized carbons (Fsp3) is 0.167. The molecule has 0 amide bonds. The standard InChI is InChI=1S/C12H14S/c1-3-8-11(4-2)13-12-9-6-5-7-10-12/h3-9,12H,1-2,10H2/p+1/b11-8+. The topological polar surface area (TPSA) is 0 Å². The molecule has 1 rings (SSSR count). The zero-order chi connectivity index (χ0) is 9.52. The van der Waals surface area contributed by atoms with E-state index < -0.39 is 0 Å². The predicted molar refractivity (Wildman–Crippen MR) is 63.9 cm³/mol. The molecule has 0 aromatic rings. The van der Waals surface area contributed by atoms with E-state index in [9.17, 15) is 0 Å². The molecule has 1 unspecified atom stereocenters. The lowest BCUT2D eigenvalue weighted by atomic mass is 10.2. The largest absolute Gasteiger partial charge is 0.152 e. The van der Waals surface area contributed by atoms with E-state index in [4.69, 9.17) is 0 Å². The van der Waals surface area contributed by atoms with Crippen LogP contribution in [-0.4, -0.2) is 5.25 Å². The van der Waals surface area contributed by atoms with E-state index in [0.29, 0.717) is 5.25 Å². The molecule has 1 aliphatic rings. The normalized spacial score (nSPS) is 21.5. The summed E-state index contributed by atoms with van der Waals surface area (Å²) in [6.07, 6.45) is 15.5. The zero-order valence-corrected chi connectivity index (χ0v) is 8.58. The molecule has 0 N–H and O–H groups in total. The van der Waals surface area contributed by atoms with Gasteiger partial charge in [0.1, 0.15) is 5.25 Å². The number of thiol groups is 1. The first kappa shape index (κ1) is 10.1. The molecule has 0 saturated carbocycles. The number of hydrogen-bond donors (Lipinski definition) is 0. The van der Waals surface area contributed by atoms with Crippen LogP contribution in [0.5, 0.6) is 0 Å². The van der Waals surface area contributed by atoms with Gasteiger partial charge in [0.15, 0.2) is 4.91 Å². The Balaban J connectivity index is 2.51. The number of hydrogen-bond acceptors (Lipinski definition) is 0. The molecule has 0 spiro atoms. The molecule has 0 fully saturated rings. The van der Waals surface area contributed by atoms with E-state index in [1.54, 1.807) is 0 Å². The average Bonchev–Trinajstić information content (AvgIpc) is 2.19. The molecule has 13 heavy (non-hydrogen) atoms. The molecule has 0 aromatic heterocycles. The van der Waals surface area contributed by atoms with E-state index in [-0.39, 0.29) is 0 Å². The second-order valence-corrected chi connectivity index (χ2v) is 4.21. The maximum absolute atomic E-state index is 3.78. The van der Waals surface area contributed by atoms with Crippen molar-refractivity contribution in [2.45, 2.75) is 11.7 Å².